The molecule has 2 unspecified atom stereocenters. The summed E-state index contributed by atoms with van der Waals surface area (Å²) in [5.74, 6) is -1.29. The van der Waals surface area contributed by atoms with Crippen LogP contribution in [0, 0.1) is 23.2 Å². The van der Waals surface area contributed by atoms with E-state index in [-0.39, 0.29) is 35.4 Å². The molecule has 1 aliphatic heterocycles. The molecule has 1 aromatic heterocycles. The predicted molar refractivity (Wildman–Crippen MR) is 150 cm³/mol. The minimum absolute atomic E-state index is 0.0722. The number of nitrogens with one attached hydrogen (secondary N) is 5. The first kappa shape index (κ1) is 30.2. The minimum atomic E-state index is -0.895. The molecule has 2 heterocycles. The van der Waals surface area contributed by atoms with Gasteiger partial charge in [-0.3, -0.25) is 19.2 Å². The normalized spacial score (nSPS) is 16.6. The summed E-state index contributed by atoms with van der Waals surface area (Å²) in [6.45, 7) is 6.70. The van der Waals surface area contributed by atoms with Crippen molar-refractivity contribution in [1.29, 1.82) is 5.26 Å². The van der Waals surface area contributed by atoms with Crippen molar-refractivity contribution in [3.05, 3.63) is 41.6 Å². The number of aromatic amines is 1. The molecule has 0 spiro atoms. The van der Waals surface area contributed by atoms with Crippen molar-refractivity contribution in [3.63, 3.8) is 0 Å². The van der Waals surface area contributed by atoms with Gasteiger partial charge in [0.1, 0.15) is 29.1 Å². The molecule has 5 N–H and O–H groups in total. The van der Waals surface area contributed by atoms with Crippen molar-refractivity contribution < 1.29 is 23.9 Å². The molecule has 2 aromatic rings. The minimum Gasteiger partial charge on any atom is -0.496 e. The Hall–Kier alpha value is -4.33. The molecule has 40 heavy (non-hydrogen) atoms. The van der Waals surface area contributed by atoms with Gasteiger partial charge in [-0.2, -0.15) is 5.26 Å². The van der Waals surface area contributed by atoms with Gasteiger partial charge in [-0.15, -0.1) is 0 Å². The van der Waals surface area contributed by atoms with Crippen LogP contribution in [0.5, 0.6) is 5.75 Å². The first-order valence-corrected chi connectivity index (χ1v) is 13.6. The number of aromatic nitrogens is 1. The number of H-pyrrole nitrogens is 1. The van der Waals surface area contributed by atoms with Gasteiger partial charge in [0.05, 0.1) is 7.11 Å². The van der Waals surface area contributed by atoms with E-state index in [9.17, 15) is 24.4 Å². The van der Waals surface area contributed by atoms with Gasteiger partial charge in [0.15, 0.2) is 0 Å². The smallest absolute Gasteiger partial charge is 0.268 e. The van der Waals surface area contributed by atoms with Crippen LogP contribution in [0.2, 0.25) is 0 Å². The third-order valence-electron chi connectivity index (χ3n) is 6.72. The van der Waals surface area contributed by atoms with Crippen molar-refractivity contribution in [2.24, 2.45) is 11.8 Å². The number of hydrogen-bond acceptors (Lipinski definition) is 6. The van der Waals surface area contributed by atoms with Gasteiger partial charge in [-0.05, 0) is 55.9 Å². The maximum atomic E-state index is 13.5. The summed E-state index contributed by atoms with van der Waals surface area (Å²) in [7, 11) is 1.55. The number of methoxy groups -OCH3 is 1. The van der Waals surface area contributed by atoms with E-state index in [0.717, 1.165) is 10.9 Å². The molecule has 1 fully saturated rings. The third-order valence-corrected chi connectivity index (χ3v) is 6.72. The molecule has 4 amide bonds. The highest BCUT2D eigenvalue weighted by Crippen LogP contribution is 2.26. The molecule has 1 aromatic carbocycles. The average Bonchev–Trinajstić information content (AvgIpc) is 3.55. The summed E-state index contributed by atoms with van der Waals surface area (Å²) in [5.41, 5.74) is 0.855. The van der Waals surface area contributed by atoms with Crippen LogP contribution < -0.4 is 26.0 Å². The standard InChI is InChI=1S/C29H38N6O5/c1-5-10-31-27(37)19(16-30)14-20(13-18-9-11-32-26(18)36)33-28(38)23(12-17(2)3)35-29(39)24-15-21-22(34-24)7-6-8-25(21)40-4/h6-8,14-15,17-18,20,23,34H,5,9-13H2,1-4H3,(H,31,37)(H,32,36)(H,33,38)(H,35,39)/b19-14-/t18?,20?,23-/m0/s1. The van der Waals surface area contributed by atoms with Crippen LogP contribution in [0.3, 0.4) is 0 Å². The van der Waals surface area contributed by atoms with Crippen LogP contribution in [0.25, 0.3) is 10.9 Å². The second-order valence-electron chi connectivity index (χ2n) is 10.3. The van der Waals surface area contributed by atoms with E-state index >= 15 is 0 Å². The Morgan fingerprint density at radius 1 is 1.25 bits per heavy atom. The Bertz CT molecular complexity index is 1310. The van der Waals surface area contributed by atoms with Crippen LogP contribution in [0.1, 0.15) is 56.9 Å². The zero-order valence-corrected chi connectivity index (χ0v) is 23.4. The van der Waals surface area contributed by atoms with Gasteiger partial charge >= 0.3 is 0 Å². The van der Waals surface area contributed by atoms with Crippen molar-refractivity contribution in [2.75, 3.05) is 20.2 Å². The summed E-state index contributed by atoms with van der Waals surface area (Å²) in [6.07, 6.45) is 3.25. The average molecular weight is 551 g/mol. The van der Waals surface area contributed by atoms with E-state index in [4.69, 9.17) is 4.74 Å². The number of ether oxygens (including phenoxy) is 1. The molecule has 1 aliphatic rings. The number of nitriles is 1. The number of nitrogens with zero attached hydrogens (tertiary/aromatic N) is 1. The Balaban J connectivity index is 1.83. The molecule has 214 valence electrons. The maximum absolute atomic E-state index is 13.5. The number of rotatable bonds is 13. The highest BCUT2D eigenvalue weighted by atomic mass is 16.5. The monoisotopic (exact) mass is 550 g/mol. The first-order chi connectivity index (χ1) is 19.2. The van der Waals surface area contributed by atoms with Crippen LogP contribution in [-0.2, 0) is 14.4 Å². The van der Waals surface area contributed by atoms with E-state index in [0.29, 0.717) is 38.1 Å². The van der Waals surface area contributed by atoms with Crippen LogP contribution in [-0.4, -0.2) is 60.9 Å². The Morgan fingerprint density at radius 2 is 2.02 bits per heavy atom. The van der Waals surface area contributed by atoms with E-state index in [1.807, 2.05) is 39.0 Å². The lowest BCUT2D eigenvalue weighted by molar-refractivity contribution is -0.125. The van der Waals surface area contributed by atoms with E-state index in [1.54, 1.807) is 19.2 Å². The number of amides is 4. The summed E-state index contributed by atoms with van der Waals surface area (Å²) in [6, 6.07) is 7.34. The number of carbonyl (C=O) groups excluding carboxylic acids is 4. The van der Waals surface area contributed by atoms with Gasteiger partial charge < -0.3 is 31.0 Å². The largest absolute Gasteiger partial charge is 0.496 e. The van der Waals surface area contributed by atoms with Crippen molar-refractivity contribution in [3.8, 4) is 11.8 Å². The highest BCUT2D eigenvalue weighted by molar-refractivity contribution is 6.01. The van der Waals surface area contributed by atoms with Crippen molar-refractivity contribution >= 4 is 34.5 Å². The molecule has 0 bridgehead atoms. The zero-order chi connectivity index (χ0) is 29.2. The van der Waals surface area contributed by atoms with E-state index in [2.05, 4.69) is 26.3 Å². The summed E-state index contributed by atoms with van der Waals surface area (Å²) in [5, 5.41) is 21.5. The molecule has 11 nitrogen and oxygen atoms in total. The first-order valence-electron chi connectivity index (χ1n) is 13.6. The molecule has 0 aliphatic carbocycles. The Kier molecular flexibility index (Phi) is 10.7. The molecule has 0 saturated carbocycles. The molecular formula is C29H38N6O5. The van der Waals surface area contributed by atoms with Gasteiger partial charge in [0, 0.05) is 36.0 Å². The van der Waals surface area contributed by atoms with E-state index in [1.165, 1.54) is 6.08 Å². The van der Waals surface area contributed by atoms with Crippen LogP contribution in [0.15, 0.2) is 35.9 Å². The molecule has 1 saturated heterocycles. The number of benzene rings is 1. The fraction of sp³-hybridized carbons (Fsp3) is 0.483. The summed E-state index contributed by atoms with van der Waals surface area (Å²) >= 11 is 0. The van der Waals surface area contributed by atoms with Gasteiger partial charge in [-0.1, -0.05) is 26.8 Å². The van der Waals surface area contributed by atoms with Gasteiger partial charge in [0.2, 0.25) is 11.8 Å². The van der Waals surface area contributed by atoms with Crippen molar-refractivity contribution in [1.82, 2.24) is 26.3 Å². The SMILES string of the molecule is CCCNC(=O)/C(C#N)=C\C(CC1CCNC1=O)NC(=O)[C@H](CC(C)C)NC(=O)c1cc2c(OC)cccc2[nH]1. The number of carbonyl (C=O) groups is 4. The summed E-state index contributed by atoms with van der Waals surface area (Å²) in [4.78, 5) is 54.6. The second kappa shape index (κ2) is 14.2. The maximum Gasteiger partial charge on any atom is 0.268 e. The fourth-order valence-corrected chi connectivity index (χ4v) is 4.69. The molecule has 3 atom stereocenters. The third kappa shape index (κ3) is 7.85. The zero-order valence-electron chi connectivity index (χ0n) is 23.4. The Morgan fingerprint density at radius 3 is 2.65 bits per heavy atom. The lowest BCUT2D eigenvalue weighted by Crippen LogP contribution is -2.50. The second-order valence-corrected chi connectivity index (χ2v) is 10.3. The molecule has 11 heteroatoms. The topological polar surface area (TPSA) is 165 Å². The highest BCUT2D eigenvalue weighted by Gasteiger charge is 2.30. The predicted octanol–water partition coefficient (Wildman–Crippen LogP) is 2.31. The van der Waals surface area contributed by atoms with Crippen LogP contribution >= 0.6 is 0 Å². The summed E-state index contributed by atoms with van der Waals surface area (Å²) < 4.78 is 5.38. The number of hydrogen-bond donors (Lipinski definition) is 5. The number of fused-ring (bicyclic) bond motifs is 1. The lowest BCUT2D eigenvalue weighted by atomic mass is 9.95. The van der Waals surface area contributed by atoms with Gasteiger partial charge in [0.25, 0.3) is 11.8 Å². The fourth-order valence-electron chi connectivity index (χ4n) is 4.69. The lowest BCUT2D eigenvalue weighted by Gasteiger charge is -2.24. The Labute approximate surface area is 234 Å². The van der Waals surface area contributed by atoms with E-state index < -0.39 is 29.8 Å². The van der Waals surface area contributed by atoms with Crippen molar-refractivity contribution in [2.45, 2.75) is 58.5 Å². The molecular weight excluding hydrogens is 512 g/mol. The quantitative estimate of drug-likeness (QED) is 0.190. The van der Waals surface area contributed by atoms with Crippen LogP contribution in [0.4, 0.5) is 0 Å². The van der Waals surface area contributed by atoms with Gasteiger partial charge in [-0.25, -0.2) is 0 Å². The molecule has 0 radical (unpaired) electrons. The molecule has 3 rings (SSSR count).